The van der Waals surface area contributed by atoms with Gasteiger partial charge in [0.2, 0.25) is 0 Å². The summed E-state index contributed by atoms with van der Waals surface area (Å²) in [6.45, 7) is -2.54. The zero-order valence-electron chi connectivity index (χ0n) is 50.0. The summed E-state index contributed by atoms with van der Waals surface area (Å²) in [4.78, 5) is 138. The van der Waals surface area contributed by atoms with E-state index in [0.717, 1.165) is 23.2 Å². The number of carbonyl (C=O) groups excluding carboxylic acids is 4. The molecule has 0 saturated carbocycles. The number of halogens is 3. The number of para-hydroxylation sites is 4. The molecule has 526 valence electrons. The normalized spacial score (nSPS) is 21.6. The van der Waals surface area contributed by atoms with Crippen molar-refractivity contribution >= 4 is 119 Å². The average molecular weight is 1490 g/mol. The van der Waals surface area contributed by atoms with E-state index in [9.17, 15) is 79.8 Å². The van der Waals surface area contributed by atoms with Crippen LogP contribution in [0.3, 0.4) is 0 Å². The Morgan fingerprint density at radius 2 is 0.990 bits per heavy atom. The van der Waals surface area contributed by atoms with Crippen molar-refractivity contribution in [2.75, 3.05) is 64.1 Å². The van der Waals surface area contributed by atoms with E-state index >= 15 is 0 Å². The topological polar surface area (TPSA) is 478 Å². The summed E-state index contributed by atoms with van der Waals surface area (Å²) in [7, 11) is -25.7. The van der Waals surface area contributed by atoms with Gasteiger partial charge in [-0.05, 0) is 54.8 Å². The SMILES string of the molecule is CSCCNc1nc(SCCC(F)(F)F)nc2c1ncn2C1OC(COP(=O)(O)OP(=O)(O)OP(=O)(O)OP(=O)(O)OCC2OC(n3ccc(=O)[nH]c3=O)C(OC(=O)Nc3ccccc3)C2OC(=O)Nc2ccccc2)C(OC(=O)Nc2ccccc2)C1OC(=O)Nc1ccccc1. The molecule has 0 spiro atoms. The molecule has 12 atom stereocenters. The van der Waals surface area contributed by atoms with Crippen LogP contribution >= 0.6 is 54.8 Å². The number of benzene rings is 4. The van der Waals surface area contributed by atoms with Gasteiger partial charge in [0.15, 0.2) is 59.0 Å². The van der Waals surface area contributed by atoms with Gasteiger partial charge in [0, 0.05) is 53.1 Å². The molecule has 4 aromatic carbocycles. The quantitative estimate of drug-likeness (QED) is 0.00687. The lowest BCUT2D eigenvalue weighted by molar-refractivity contribution is -0.129. The molecule has 9 rings (SSSR count). The standard InChI is InChI=1S/C53H56F3N11O25P4S2/c1-97-27-24-57-43-38-44(65-47(64-43)98-26-23-53(54,55)56)67(30-58-38)46-42(89-52(73)62-34-20-12-5-13-21-34)40(87-50(71)60-32-16-8-3-9-17-32)36(85-46)29-83-94(76,77)91-96(80,81)92-95(78,79)90-93(74,75)82-28-35-39(86-49(70)59-31-14-6-2-7-15-31)41(88-51(72)61-33-18-10-4-11-19-33)45(84-35)66-25-22-37(68)63-48(66)69/h2-22,25,30,35-36,39-42,45-46H,23-24,26-29H2,1H3,(H,59,70)(H,60,71)(H,61,72)(H,62,73)(H,74,75)(H,76,77)(H,78,79)(H,80,81)(H,57,64,65)(H,63,68,69). The Morgan fingerprint density at radius 3 is 1.40 bits per heavy atom. The van der Waals surface area contributed by atoms with Crippen LogP contribution in [0.1, 0.15) is 18.9 Å². The summed E-state index contributed by atoms with van der Waals surface area (Å²) in [5.41, 5.74) is -1.67. The molecule has 0 radical (unpaired) electrons. The molecule has 0 aliphatic carbocycles. The number of carbonyl (C=O) groups is 4. The molecule has 5 heterocycles. The van der Waals surface area contributed by atoms with E-state index < -0.39 is 148 Å². The predicted molar refractivity (Wildman–Crippen MR) is 339 cm³/mol. The molecule has 7 aromatic rings. The summed E-state index contributed by atoms with van der Waals surface area (Å²) < 4.78 is 153. The minimum atomic E-state index is -6.61. The number of aromatic amines is 1. The van der Waals surface area contributed by atoms with Crippen LogP contribution in [0.5, 0.6) is 0 Å². The minimum absolute atomic E-state index is 0.0173. The van der Waals surface area contributed by atoms with E-state index in [2.05, 4.69) is 54.5 Å². The number of H-pyrrole nitrogens is 1. The van der Waals surface area contributed by atoms with E-state index in [4.69, 9.17) is 37.5 Å². The van der Waals surface area contributed by atoms with E-state index in [-0.39, 0.29) is 51.4 Å². The molecule has 36 nitrogen and oxygen atoms in total. The number of thioether (sulfide) groups is 2. The molecular weight excluding hydrogens is 1440 g/mol. The first-order chi connectivity index (χ1) is 46.5. The smallest absolute Gasteiger partial charge is 0.439 e. The second-order valence-electron chi connectivity index (χ2n) is 20.1. The number of nitrogens with one attached hydrogen (secondary N) is 6. The fourth-order valence-corrected chi connectivity index (χ4v) is 15.2. The van der Waals surface area contributed by atoms with Crippen LogP contribution in [0.2, 0.25) is 0 Å². The molecule has 12 unspecified atom stereocenters. The maximum Gasteiger partial charge on any atom is 0.490 e. The molecule has 3 aromatic heterocycles. The van der Waals surface area contributed by atoms with Crippen molar-refractivity contribution in [3.8, 4) is 0 Å². The predicted octanol–water partition coefficient (Wildman–Crippen LogP) is 8.94. The number of fused-ring (bicyclic) bond motifs is 1. The first-order valence-corrected chi connectivity index (χ1v) is 36.5. The number of alkyl halides is 3. The van der Waals surface area contributed by atoms with Crippen molar-refractivity contribution < 1.29 is 121 Å². The van der Waals surface area contributed by atoms with Gasteiger partial charge in [-0.2, -0.15) is 37.9 Å². The fourth-order valence-electron chi connectivity index (χ4n) is 9.07. The fraction of sp³-hybridized carbons (Fsp3) is 0.302. The van der Waals surface area contributed by atoms with E-state index in [1.54, 1.807) is 54.8 Å². The molecular formula is C53H56F3N11O25P4S2. The average Bonchev–Trinajstić information content (AvgIpc) is 1.60. The van der Waals surface area contributed by atoms with Crippen LogP contribution < -0.4 is 37.8 Å². The lowest BCUT2D eigenvalue weighted by atomic mass is 10.1. The monoisotopic (exact) mass is 1490 g/mol. The van der Waals surface area contributed by atoms with Gasteiger partial charge >= 0.3 is 67.5 Å². The second kappa shape index (κ2) is 32.8. The molecule has 2 aliphatic rings. The van der Waals surface area contributed by atoms with Gasteiger partial charge in [0.1, 0.15) is 12.2 Å². The maximum atomic E-state index is 13.8. The number of amides is 4. The molecule has 45 heteroatoms. The van der Waals surface area contributed by atoms with Gasteiger partial charge in [0.05, 0.1) is 26.0 Å². The summed E-state index contributed by atoms with van der Waals surface area (Å²) in [5.74, 6) is -0.00295. The van der Waals surface area contributed by atoms with Crippen molar-refractivity contribution in [1.82, 2.24) is 29.1 Å². The number of rotatable bonds is 29. The Kier molecular flexibility index (Phi) is 24.8. The number of hydrogen-bond donors (Lipinski definition) is 10. The number of hydrogen-bond acceptors (Lipinski definition) is 27. The zero-order chi connectivity index (χ0) is 70.4. The second-order valence-corrected chi connectivity index (χ2v) is 28.4. The van der Waals surface area contributed by atoms with E-state index in [1.165, 1.54) is 84.6 Å². The zero-order valence-corrected chi connectivity index (χ0v) is 55.2. The van der Waals surface area contributed by atoms with Gasteiger partial charge in [-0.1, -0.05) is 84.6 Å². The van der Waals surface area contributed by atoms with Crippen molar-refractivity contribution in [2.45, 2.75) is 66.8 Å². The number of phosphoric acid groups is 4. The number of ether oxygens (including phenoxy) is 6. The molecule has 4 amide bonds. The Hall–Kier alpha value is -8.04. The summed E-state index contributed by atoms with van der Waals surface area (Å²) in [5, 5.41) is 12.5. The minimum Gasteiger partial charge on any atom is -0.439 e. The summed E-state index contributed by atoms with van der Waals surface area (Å²) in [6, 6.07) is 31.2. The van der Waals surface area contributed by atoms with Crippen molar-refractivity contribution in [3.05, 3.63) is 161 Å². The Balaban J connectivity index is 0.940. The largest absolute Gasteiger partial charge is 0.490 e. The summed E-state index contributed by atoms with van der Waals surface area (Å²) in [6.07, 6.45) is -22.7. The number of phosphoric ester groups is 2. The number of anilines is 5. The van der Waals surface area contributed by atoms with Gasteiger partial charge in [-0.25, -0.2) is 57.2 Å². The number of aromatic nitrogens is 6. The van der Waals surface area contributed by atoms with Crippen molar-refractivity contribution in [3.63, 3.8) is 0 Å². The third-order valence-electron chi connectivity index (χ3n) is 13.1. The van der Waals surface area contributed by atoms with E-state index in [0.29, 0.717) is 22.1 Å². The lowest BCUT2D eigenvalue weighted by Crippen LogP contribution is -2.44. The molecule has 2 aliphatic heterocycles. The third kappa shape index (κ3) is 21.5. The van der Waals surface area contributed by atoms with Gasteiger partial charge in [-0.3, -0.25) is 49.2 Å². The number of nitrogens with zero attached hydrogens (tertiary/aromatic N) is 5. The molecule has 98 heavy (non-hydrogen) atoms. The Bertz CT molecular complexity index is 4260. The van der Waals surface area contributed by atoms with E-state index in [1.807, 2.05) is 4.98 Å². The van der Waals surface area contributed by atoms with Gasteiger partial charge in [-0.15, -0.1) is 0 Å². The molecule has 2 fully saturated rings. The van der Waals surface area contributed by atoms with Crippen molar-refractivity contribution in [1.29, 1.82) is 0 Å². The Labute approximate surface area is 557 Å². The van der Waals surface area contributed by atoms with Crippen LogP contribution in [-0.4, -0.2) is 153 Å². The molecule has 10 N–H and O–H groups in total. The van der Waals surface area contributed by atoms with Crippen molar-refractivity contribution in [2.24, 2.45) is 0 Å². The molecule has 0 bridgehead atoms. The Morgan fingerprint density at radius 1 is 0.582 bits per heavy atom. The van der Waals surface area contributed by atoms with Crippen LogP contribution in [0.4, 0.5) is 60.9 Å². The summed E-state index contributed by atoms with van der Waals surface area (Å²) >= 11 is 2.05. The first kappa shape index (κ1) is 74.2. The van der Waals surface area contributed by atoms with Crippen LogP contribution in [0, 0.1) is 0 Å². The highest BCUT2D eigenvalue weighted by Crippen LogP contribution is 2.71. The van der Waals surface area contributed by atoms with Gasteiger partial charge < -0.3 is 53.3 Å². The van der Waals surface area contributed by atoms with Gasteiger partial charge in [0.25, 0.3) is 5.56 Å². The highest BCUT2D eigenvalue weighted by Gasteiger charge is 2.55. The van der Waals surface area contributed by atoms with Crippen LogP contribution in [0.15, 0.2) is 155 Å². The molecule has 2 saturated heterocycles. The highest BCUT2D eigenvalue weighted by atomic mass is 32.2. The lowest BCUT2D eigenvalue weighted by Gasteiger charge is -2.25. The highest BCUT2D eigenvalue weighted by molar-refractivity contribution is 7.99. The third-order valence-corrected chi connectivity index (χ3v) is 20.4. The van der Waals surface area contributed by atoms with Crippen LogP contribution in [0.25, 0.3) is 11.2 Å². The first-order valence-electron chi connectivity index (χ1n) is 28.1. The van der Waals surface area contributed by atoms with Crippen LogP contribution in [-0.2, 0) is 68.7 Å². The number of imidazole rings is 1. The maximum absolute atomic E-state index is 13.8.